The van der Waals surface area contributed by atoms with Crippen LogP contribution < -0.4 is 11.3 Å². The van der Waals surface area contributed by atoms with Gasteiger partial charge in [0, 0.05) is 6.20 Å². The zero-order chi connectivity index (χ0) is 10.6. The number of aryl methyl sites for hydroxylation is 2. The van der Waals surface area contributed by atoms with E-state index in [1.165, 1.54) is 0 Å². The van der Waals surface area contributed by atoms with Gasteiger partial charge in [-0.05, 0) is 20.8 Å². The molecule has 76 valence electrons. The minimum absolute atomic E-state index is 0.639. The number of rotatable bonds is 2. The summed E-state index contributed by atoms with van der Waals surface area (Å²) >= 11 is 0. The second kappa shape index (κ2) is 4.60. The zero-order valence-corrected chi connectivity index (χ0v) is 8.86. The quantitative estimate of drug-likeness (QED) is 0.553. The van der Waals surface area contributed by atoms with Crippen molar-refractivity contribution < 1.29 is 0 Å². The van der Waals surface area contributed by atoms with Crippen molar-refractivity contribution in [2.24, 2.45) is 4.99 Å². The predicted molar refractivity (Wildman–Crippen MR) is 57.1 cm³/mol. The highest BCUT2D eigenvalue weighted by Crippen LogP contribution is 1.88. The van der Waals surface area contributed by atoms with E-state index in [1.54, 1.807) is 10.9 Å². The summed E-state index contributed by atoms with van der Waals surface area (Å²) in [6.07, 6.45) is 5.68. The van der Waals surface area contributed by atoms with E-state index in [0.29, 0.717) is 6.54 Å². The molecule has 0 saturated carbocycles. The Balaban J connectivity index is 3.18. The maximum atomic E-state index is 5.82. The zero-order valence-electron chi connectivity index (χ0n) is 8.86. The van der Waals surface area contributed by atoms with Crippen LogP contribution in [-0.4, -0.2) is 16.2 Å². The molecule has 14 heavy (non-hydrogen) atoms. The van der Waals surface area contributed by atoms with Crippen LogP contribution in [0.5, 0.6) is 0 Å². The van der Waals surface area contributed by atoms with Crippen molar-refractivity contribution >= 4 is 0 Å². The molecule has 0 bridgehead atoms. The van der Waals surface area contributed by atoms with Crippen molar-refractivity contribution in [3.63, 3.8) is 0 Å². The number of aromatic nitrogens is 2. The van der Waals surface area contributed by atoms with Gasteiger partial charge in [-0.2, -0.15) is 0 Å². The smallest absolute Gasteiger partial charge is 0.168 e. The molecular weight excluding hydrogens is 176 g/mol. The van der Waals surface area contributed by atoms with Gasteiger partial charge in [-0.15, -0.1) is 0 Å². The molecule has 0 aliphatic heterocycles. The van der Waals surface area contributed by atoms with E-state index < -0.39 is 0 Å². The third-order valence-corrected chi connectivity index (χ3v) is 1.96. The summed E-state index contributed by atoms with van der Waals surface area (Å²) in [5.41, 5.74) is 2.49. The number of hydrogen-bond acceptors (Lipinski definition) is 3. The Labute approximate surface area is 83.8 Å². The maximum absolute atomic E-state index is 5.82. The average molecular weight is 192 g/mol. The second-order valence-corrected chi connectivity index (χ2v) is 3.09. The topological polar surface area (TPSA) is 56.2 Å². The van der Waals surface area contributed by atoms with Crippen molar-refractivity contribution in [2.75, 3.05) is 12.4 Å². The first-order valence-corrected chi connectivity index (χ1v) is 4.58. The van der Waals surface area contributed by atoms with Crippen molar-refractivity contribution in [3.8, 4) is 0 Å². The molecule has 0 aromatic carbocycles. The number of hydrogen-bond donors (Lipinski definition) is 1. The number of allylic oxidation sites excluding steroid dienone is 1. The average Bonchev–Trinajstić information content (AvgIpc) is 2.18. The Bertz CT molecular complexity index is 401. The van der Waals surface area contributed by atoms with Crippen LogP contribution in [0.3, 0.4) is 0 Å². The number of nitrogens with two attached hydrogens (primary N) is 1. The first-order chi connectivity index (χ1) is 6.66. The van der Waals surface area contributed by atoms with Gasteiger partial charge in [0.15, 0.2) is 5.49 Å². The predicted octanol–water partition coefficient (Wildman–Crippen LogP) is 0.691. The van der Waals surface area contributed by atoms with Gasteiger partial charge >= 0.3 is 0 Å². The Morgan fingerprint density at radius 3 is 2.93 bits per heavy atom. The fourth-order valence-corrected chi connectivity index (χ4v) is 1.09. The summed E-state index contributed by atoms with van der Waals surface area (Å²) in [7, 11) is 0. The summed E-state index contributed by atoms with van der Waals surface area (Å²) in [5, 5.41) is 0. The highest BCUT2D eigenvalue weighted by Gasteiger charge is 1.97. The molecule has 0 aliphatic carbocycles. The highest BCUT2D eigenvalue weighted by atomic mass is 15.3. The van der Waals surface area contributed by atoms with E-state index in [0.717, 1.165) is 16.9 Å². The molecule has 0 saturated heterocycles. The van der Waals surface area contributed by atoms with E-state index in [2.05, 4.69) is 9.98 Å². The fourth-order valence-electron chi connectivity index (χ4n) is 1.09. The lowest BCUT2D eigenvalue weighted by molar-refractivity contribution is 0.798. The molecule has 1 rings (SSSR count). The highest BCUT2D eigenvalue weighted by molar-refractivity contribution is 5.02. The van der Waals surface area contributed by atoms with Gasteiger partial charge in [0.2, 0.25) is 0 Å². The van der Waals surface area contributed by atoms with Crippen LogP contribution in [0.2, 0.25) is 0 Å². The van der Waals surface area contributed by atoms with Gasteiger partial charge < -0.3 is 5.84 Å². The lowest BCUT2D eigenvalue weighted by Gasteiger charge is -2.05. The third kappa shape index (κ3) is 2.22. The van der Waals surface area contributed by atoms with E-state index in [1.807, 2.05) is 32.9 Å². The molecule has 1 heterocycles. The molecule has 4 heteroatoms. The minimum Gasteiger partial charge on any atom is -0.337 e. The summed E-state index contributed by atoms with van der Waals surface area (Å²) < 4.78 is 1.56. The summed E-state index contributed by atoms with van der Waals surface area (Å²) in [4.78, 5) is 8.54. The summed E-state index contributed by atoms with van der Waals surface area (Å²) in [6, 6.07) is 0. The Hall–Kier alpha value is -1.58. The molecule has 0 amide bonds. The van der Waals surface area contributed by atoms with E-state index in [4.69, 9.17) is 5.84 Å². The minimum atomic E-state index is 0.639. The van der Waals surface area contributed by atoms with Gasteiger partial charge in [-0.25, -0.2) is 4.68 Å². The lowest BCUT2D eigenvalue weighted by atomic mass is 10.4. The Morgan fingerprint density at radius 2 is 2.29 bits per heavy atom. The molecule has 0 radical (unpaired) electrons. The van der Waals surface area contributed by atoms with Crippen LogP contribution >= 0.6 is 0 Å². The largest absolute Gasteiger partial charge is 0.337 e. The number of nitrogens with zero attached hydrogens (tertiary/aromatic N) is 3. The standard InChI is InChI=1S/C10H16N4/c1-4-5-6-12-10-9(3)13-7-8(2)14(10)11/h4-5,7H,6,11H2,1-3H3/b5-4+,12-10?. The monoisotopic (exact) mass is 192 g/mol. The van der Waals surface area contributed by atoms with Gasteiger partial charge in [-0.3, -0.25) is 9.98 Å². The maximum Gasteiger partial charge on any atom is 0.168 e. The van der Waals surface area contributed by atoms with Gasteiger partial charge in [0.25, 0.3) is 0 Å². The molecular formula is C10H16N4. The first kappa shape index (κ1) is 10.5. The van der Waals surface area contributed by atoms with E-state index in [-0.39, 0.29) is 0 Å². The van der Waals surface area contributed by atoms with Crippen LogP contribution in [0.1, 0.15) is 18.3 Å². The summed E-state index contributed by atoms with van der Waals surface area (Å²) in [6.45, 7) is 6.41. The Morgan fingerprint density at radius 1 is 1.57 bits per heavy atom. The van der Waals surface area contributed by atoms with Gasteiger partial charge in [0.05, 0.1) is 17.9 Å². The van der Waals surface area contributed by atoms with Crippen molar-refractivity contribution in [1.82, 2.24) is 9.66 Å². The van der Waals surface area contributed by atoms with Crippen molar-refractivity contribution in [3.05, 3.63) is 35.2 Å². The molecule has 4 nitrogen and oxygen atoms in total. The van der Waals surface area contributed by atoms with Crippen molar-refractivity contribution in [1.29, 1.82) is 0 Å². The molecule has 0 spiro atoms. The van der Waals surface area contributed by atoms with E-state index >= 15 is 0 Å². The van der Waals surface area contributed by atoms with Crippen LogP contribution in [0.15, 0.2) is 23.3 Å². The van der Waals surface area contributed by atoms with Gasteiger partial charge in [-0.1, -0.05) is 12.2 Å². The summed E-state index contributed by atoms with van der Waals surface area (Å²) in [5.74, 6) is 5.82. The van der Waals surface area contributed by atoms with Crippen LogP contribution in [0, 0.1) is 13.8 Å². The lowest BCUT2D eigenvalue weighted by Crippen LogP contribution is -2.33. The molecule has 0 fully saturated rings. The van der Waals surface area contributed by atoms with Gasteiger partial charge in [0.1, 0.15) is 0 Å². The normalized spacial score (nSPS) is 12.6. The molecule has 0 atom stereocenters. The number of nitrogen functional groups attached to an aromatic ring is 1. The molecule has 1 aromatic rings. The Kier molecular flexibility index (Phi) is 3.45. The second-order valence-electron chi connectivity index (χ2n) is 3.09. The van der Waals surface area contributed by atoms with Crippen LogP contribution in [0.25, 0.3) is 0 Å². The SMILES string of the molecule is C/C=C/CN=c1c(C)ncc(C)n1N. The molecule has 2 N–H and O–H groups in total. The molecule has 1 aromatic heterocycles. The van der Waals surface area contributed by atoms with E-state index in [9.17, 15) is 0 Å². The van der Waals surface area contributed by atoms with Crippen LogP contribution in [0.4, 0.5) is 0 Å². The third-order valence-electron chi connectivity index (χ3n) is 1.96. The van der Waals surface area contributed by atoms with Crippen molar-refractivity contribution in [2.45, 2.75) is 20.8 Å². The molecule has 0 unspecified atom stereocenters. The fraction of sp³-hybridized carbons (Fsp3) is 0.400. The first-order valence-electron chi connectivity index (χ1n) is 4.58. The molecule has 0 aliphatic rings. The van der Waals surface area contributed by atoms with Crippen LogP contribution in [-0.2, 0) is 0 Å².